The lowest BCUT2D eigenvalue weighted by Crippen LogP contribution is -2.48. The van der Waals surface area contributed by atoms with Gasteiger partial charge in [-0.15, -0.1) is 0 Å². The minimum absolute atomic E-state index is 0.00353. The molecule has 1 aromatic heterocycles. The third-order valence-electron chi connectivity index (χ3n) is 5.52. The molecular weight excluding hydrogens is 472 g/mol. The molecule has 0 aliphatic carbocycles. The van der Waals surface area contributed by atoms with Gasteiger partial charge in [-0.2, -0.15) is 0 Å². The van der Waals surface area contributed by atoms with E-state index in [1.807, 2.05) is 25.7 Å². The van der Waals surface area contributed by atoms with E-state index in [4.69, 9.17) is 31.2 Å². The highest BCUT2D eigenvalue weighted by Gasteiger charge is 2.27. The molecule has 0 atom stereocenters. The van der Waals surface area contributed by atoms with Gasteiger partial charge in [0.2, 0.25) is 0 Å². The van der Waals surface area contributed by atoms with Crippen LogP contribution in [-0.2, 0) is 9.47 Å². The number of hydrogen-bond donors (Lipinski definition) is 3. The number of methoxy groups -OCH3 is 2. The van der Waals surface area contributed by atoms with Crippen LogP contribution in [-0.4, -0.2) is 72.6 Å². The average molecular weight is 507 g/mol. The third-order valence-corrected chi connectivity index (χ3v) is 5.88. The van der Waals surface area contributed by atoms with Gasteiger partial charge in [0.1, 0.15) is 11.3 Å². The zero-order valence-corrected chi connectivity index (χ0v) is 21.9. The molecule has 35 heavy (non-hydrogen) atoms. The Bertz CT molecular complexity index is 1090. The summed E-state index contributed by atoms with van der Waals surface area (Å²) in [5.41, 5.74) is 0.912. The second-order valence-electron chi connectivity index (χ2n) is 9.19. The Balaban J connectivity index is 1.76. The molecule has 0 spiro atoms. The van der Waals surface area contributed by atoms with Gasteiger partial charge in [0.25, 0.3) is 0 Å². The number of rotatable bonds is 6. The van der Waals surface area contributed by atoms with Crippen LogP contribution in [0.25, 0.3) is 10.9 Å². The number of aromatic nitrogens is 1. The Morgan fingerprint density at radius 2 is 1.77 bits per heavy atom. The number of carbonyl (C=O) groups excluding carboxylic acids is 2. The second kappa shape index (κ2) is 11.0. The molecule has 2 aromatic rings. The molecule has 0 bridgehead atoms. The summed E-state index contributed by atoms with van der Waals surface area (Å²) in [6.07, 6.45) is 1.01. The molecule has 192 valence electrons. The van der Waals surface area contributed by atoms with Crippen LogP contribution in [0.2, 0.25) is 0 Å². The molecule has 0 saturated carbocycles. The summed E-state index contributed by atoms with van der Waals surface area (Å²) < 4.78 is 21.4. The van der Waals surface area contributed by atoms with Crippen LogP contribution < -0.4 is 20.1 Å². The number of fused-ring (bicyclic) bond motifs is 1. The van der Waals surface area contributed by atoms with Gasteiger partial charge in [0.05, 0.1) is 32.0 Å². The minimum atomic E-state index is -0.543. The molecular formula is C24H34N4O6S. The lowest BCUT2D eigenvalue weighted by Gasteiger charge is -2.34. The molecule has 0 radical (unpaired) electrons. The number of anilines is 1. The summed E-state index contributed by atoms with van der Waals surface area (Å²) in [5, 5.41) is 7.35. The number of ether oxygens (including phenoxy) is 4. The smallest absolute Gasteiger partial charge is 0.407 e. The van der Waals surface area contributed by atoms with Gasteiger partial charge in [0, 0.05) is 30.6 Å². The van der Waals surface area contributed by atoms with Crippen molar-refractivity contribution in [3.63, 3.8) is 0 Å². The van der Waals surface area contributed by atoms with Gasteiger partial charge in [0.15, 0.2) is 16.6 Å². The van der Waals surface area contributed by atoms with E-state index in [0.717, 1.165) is 5.39 Å². The van der Waals surface area contributed by atoms with Crippen LogP contribution in [0.5, 0.6) is 11.5 Å². The van der Waals surface area contributed by atoms with E-state index >= 15 is 0 Å². The number of alkyl carbamates (subject to hydrolysis) is 1. The van der Waals surface area contributed by atoms with E-state index < -0.39 is 17.7 Å². The van der Waals surface area contributed by atoms with Gasteiger partial charge >= 0.3 is 12.1 Å². The van der Waals surface area contributed by atoms with Crippen molar-refractivity contribution >= 4 is 46.0 Å². The summed E-state index contributed by atoms with van der Waals surface area (Å²) in [7, 11) is 3.10. The van der Waals surface area contributed by atoms with Crippen molar-refractivity contribution in [3.8, 4) is 11.5 Å². The second-order valence-corrected chi connectivity index (χ2v) is 9.57. The van der Waals surface area contributed by atoms with Crippen molar-refractivity contribution in [2.75, 3.05) is 39.2 Å². The highest BCUT2D eigenvalue weighted by Crippen LogP contribution is 2.37. The van der Waals surface area contributed by atoms with Crippen molar-refractivity contribution in [2.45, 2.75) is 52.2 Å². The van der Waals surface area contributed by atoms with Gasteiger partial charge in [-0.3, -0.25) is 0 Å². The van der Waals surface area contributed by atoms with Crippen molar-refractivity contribution in [2.24, 2.45) is 0 Å². The van der Waals surface area contributed by atoms with Crippen molar-refractivity contribution < 1.29 is 28.5 Å². The van der Waals surface area contributed by atoms with Crippen LogP contribution in [0.4, 0.5) is 10.5 Å². The minimum Gasteiger partial charge on any atom is -0.493 e. The summed E-state index contributed by atoms with van der Waals surface area (Å²) in [6.45, 7) is 8.77. The first-order chi connectivity index (χ1) is 16.6. The number of esters is 1. The first-order valence-electron chi connectivity index (χ1n) is 11.6. The normalized spacial score (nSPS) is 14.4. The van der Waals surface area contributed by atoms with Crippen LogP contribution in [0.1, 0.15) is 51.0 Å². The zero-order chi connectivity index (χ0) is 25.8. The maximum absolute atomic E-state index is 12.7. The van der Waals surface area contributed by atoms with Gasteiger partial charge < -0.3 is 39.5 Å². The lowest BCUT2D eigenvalue weighted by atomic mass is 10.1. The Morgan fingerprint density at radius 1 is 1.14 bits per heavy atom. The molecule has 0 unspecified atom stereocenters. The average Bonchev–Trinajstić information content (AvgIpc) is 3.14. The lowest BCUT2D eigenvalue weighted by molar-refractivity contribution is 0.0485. The van der Waals surface area contributed by atoms with Crippen LogP contribution in [0, 0.1) is 0 Å². The first kappa shape index (κ1) is 26.4. The van der Waals surface area contributed by atoms with Crippen LogP contribution in [0.3, 0.4) is 0 Å². The predicted octanol–water partition coefficient (Wildman–Crippen LogP) is 4.05. The molecule has 1 fully saturated rings. The SMILES string of the molecule is CCOC(=O)c1[nH]c2cc(OC)c(OC)cc2c1NC(=S)N1CCC(NC(=O)OC(C)(C)C)CC1. The maximum Gasteiger partial charge on any atom is 0.407 e. The van der Waals surface area contributed by atoms with Gasteiger partial charge in [-0.05, 0) is 58.8 Å². The number of piperidine rings is 1. The van der Waals surface area contributed by atoms with Crippen LogP contribution >= 0.6 is 12.2 Å². The van der Waals surface area contributed by atoms with E-state index in [-0.39, 0.29) is 18.3 Å². The third kappa shape index (κ3) is 6.47. The quantitative estimate of drug-likeness (QED) is 0.394. The summed E-state index contributed by atoms with van der Waals surface area (Å²) in [4.78, 5) is 29.9. The van der Waals surface area contributed by atoms with E-state index in [9.17, 15) is 9.59 Å². The molecule has 11 heteroatoms. The van der Waals surface area contributed by atoms with Crippen molar-refractivity contribution in [1.29, 1.82) is 0 Å². The molecule has 10 nitrogen and oxygen atoms in total. The number of nitrogens with zero attached hydrogens (tertiary/aromatic N) is 1. The topological polar surface area (TPSA) is 114 Å². The Kier molecular flexibility index (Phi) is 8.31. The highest BCUT2D eigenvalue weighted by atomic mass is 32.1. The zero-order valence-electron chi connectivity index (χ0n) is 21.1. The highest BCUT2D eigenvalue weighted by molar-refractivity contribution is 7.80. The molecule has 2 heterocycles. The molecule has 1 aliphatic heterocycles. The number of thiocarbonyl (C=S) groups is 1. The molecule has 3 N–H and O–H groups in total. The first-order valence-corrected chi connectivity index (χ1v) is 12.0. The summed E-state index contributed by atoms with van der Waals surface area (Å²) in [6, 6.07) is 3.55. The molecule has 3 rings (SSSR count). The van der Waals surface area contributed by atoms with Crippen molar-refractivity contribution in [3.05, 3.63) is 17.8 Å². The monoisotopic (exact) mass is 506 g/mol. The van der Waals surface area contributed by atoms with E-state index in [1.165, 1.54) is 0 Å². The van der Waals surface area contributed by atoms with Crippen LogP contribution in [0.15, 0.2) is 12.1 Å². The Labute approximate surface area is 210 Å². The number of amides is 1. The van der Waals surface area contributed by atoms with Gasteiger partial charge in [-0.25, -0.2) is 9.59 Å². The van der Waals surface area contributed by atoms with Crippen molar-refractivity contribution in [1.82, 2.24) is 15.2 Å². The molecule has 1 saturated heterocycles. The predicted molar refractivity (Wildman–Crippen MR) is 138 cm³/mol. The Hall–Kier alpha value is -3.21. The molecule has 1 amide bonds. The fourth-order valence-corrected chi connectivity index (χ4v) is 4.18. The number of nitrogens with one attached hydrogen (secondary N) is 3. The van der Waals surface area contributed by atoms with E-state index in [2.05, 4.69) is 15.6 Å². The van der Waals surface area contributed by atoms with E-state index in [1.54, 1.807) is 33.3 Å². The maximum atomic E-state index is 12.7. The number of aromatic amines is 1. The number of likely N-dealkylation sites (tertiary alicyclic amines) is 1. The summed E-state index contributed by atoms with van der Waals surface area (Å²) >= 11 is 5.68. The molecule has 1 aliphatic rings. The van der Waals surface area contributed by atoms with Gasteiger partial charge in [-0.1, -0.05) is 0 Å². The largest absolute Gasteiger partial charge is 0.493 e. The fraction of sp³-hybridized carbons (Fsp3) is 0.542. The molecule has 1 aromatic carbocycles. The Morgan fingerprint density at radius 3 is 2.34 bits per heavy atom. The number of carbonyl (C=O) groups is 2. The fourth-order valence-electron chi connectivity index (χ4n) is 3.89. The number of benzene rings is 1. The number of hydrogen-bond acceptors (Lipinski definition) is 7. The number of H-pyrrole nitrogens is 1. The standard InChI is InChI=1S/C24H34N4O6S/c1-7-33-21(29)20-19(15-12-17(31-5)18(32-6)13-16(15)26-20)27-22(35)28-10-8-14(9-11-28)25-23(30)34-24(2,3)4/h12-14,26H,7-11H2,1-6H3,(H,25,30)(H,27,35). The van der Waals surface area contributed by atoms with E-state index in [0.29, 0.717) is 53.7 Å². The summed E-state index contributed by atoms with van der Waals surface area (Å²) in [5.74, 6) is 0.565.